The fraction of sp³-hybridized carbons (Fsp3) is 0.0588. The van der Waals surface area contributed by atoms with Crippen molar-refractivity contribution in [2.24, 2.45) is 5.73 Å². The van der Waals surface area contributed by atoms with Crippen LogP contribution in [0.1, 0.15) is 29.8 Å². The van der Waals surface area contributed by atoms with Gasteiger partial charge < -0.3 is 14.7 Å². The van der Waals surface area contributed by atoms with Crippen LogP contribution in [-0.2, 0) is 6.42 Å². The van der Waals surface area contributed by atoms with Crippen LogP contribution >= 0.6 is 0 Å². The normalized spacial score (nSPS) is 15.6. The zero-order valence-corrected chi connectivity index (χ0v) is 30.2. The van der Waals surface area contributed by atoms with Crippen LogP contribution in [0.5, 0.6) is 0 Å². The Morgan fingerprint density at radius 2 is 1.33 bits per heavy atom. The number of para-hydroxylation sites is 2. The molecule has 1 aliphatic rings. The number of nitrogens with zero attached hydrogens (tertiary/aromatic N) is 1. The molecular formula is C51H40N2O. The zero-order chi connectivity index (χ0) is 36.6. The third-order valence-electron chi connectivity index (χ3n) is 10.5. The number of nitrogens with two attached hydrogens (primary N) is 1. The predicted octanol–water partition coefficient (Wildman–Crippen LogP) is 13.3. The Hall–Kier alpha value is -6.84. The van der Waals surface area contributed by atoms with E-state index in [2.05, 4.69) is 176 Å². The summed E-state index contributed by atoms with van der Waals surface area (Å²) in [5.74, 6) is 0. The molecule has 1 aliphatic carbocycles. The molecule has 3 nitrogen and oxygen atoms in total. The van der Waals surface area contributed by atoms with E-state index in [0.717, 1.165) is 67.6 Å². The molecule has 2 aromatic heterocycles. The van der Waals surface area contributed by atoms with Gasteiger partial charge in [-0.25, -0.2) is 0 Å². The summed E-state index contributed by atoms with van der Waals surface area (Å²) in [6.07, 6.45) is 15.8. The van der Waals surface area contributed by atoms with Crippen molar-refractivity contribution < 1.29 is 4.42 Å². The van der Waals surface area contributed by atoms with E-state index in [0.29, 0.717) is 0 Å². The maximum atomic E-state index is 6.92. The smallest absolute Gasteiger partial charge is 0.135 e. The van der Waals surface area contributed by atoms with Crippen molar-refractivity contribution in [3.8, 4) is 33.4 Å². The molecule has 0 aliphatic heterocycles. The zero-order valence-electron chi connectivity index (χ0n) is 30.2. The van der Waals surface area contributed by atoms with E-state index < -0.39 is 0 Å². The van der Waals surface area contributed by atoms with E-state index in [-0.39, 0.29) is 6.04 Å². The highest BCUT2D eigenvalue weighted by Crippen LogP contribution is 2.40. The molecule has 6 aromatic carbocycles. The van der Waals surface area contributed by atoms with Gasteiger partial charge in [0.05, 0.1) is 11.6 Å². The van der Waals surface area contributed by atoms with E-state index in [1.54, 1.807) is 0 Å². The lowest BCUT2D eigenvalue weighted by Gasteiger charge is -2.19. The monoisotopic (exact) mass is 696 g/mol. The molecule has 9 rings (SSSR count). The Balaban J connectivity index is 1.18. The molecule has 8 aromatic rings. The lowest BCUT2D eigenvalue weighted by atomic mass is 9.96. The standard InChI is InChI=1S/C51H40N2O/c1-34-13-5-3-8-18-43-45-21-12-20-42(41-17-11-16-39(32-41)40-28-30-50-46(33-40)44-19-9-10-22-49(44)54-50)51(45)53(48(43)29-23-34)35(2)31-47(52)38-26-24-37(25-27-38)36-14-6-4-7-15-36/h3-17,19-33,35H,1,18,52H2,2H3/b8-3-,13-5-,29-23-,47-31-. The molecular weight excluding hydrogens is 657 g/mol. The summed E-state index contributed by atoms with van der Waals surface area (Å²) >= 11 is 0. The van der Waals surface area contributed by atoms with Gasteiger partial charge in [0, 0.05) is 33.1 Å². The van der Waals surface area contributed by atoms with Crippen LogP contribution < -0.4 is 5.73 Å². The highest BCUT2D eigenvalue weighted by molar-refractivity contribution is 6.06. The summed E-state index contributed by atoms with van der Waals surface area (Å²) in [6.45, 7) is 6.52. The molecule has 3 heteroatoms. The SMILES string of the molecule is C=C1/C=C\C=C/Cc2c(n(C(C)/C=C(\N)c3ccc(-c4ccccc4)cc3)c3c(-c4cccc(-c5ccc6oc7ccccc7c6c5)c4)cccc23)/C=C\1. The van der Waals surface area contributed by atoms with Crippen LogP contribution in [0, 0.1) is 0 Å². The number of allylic oxidation sites excluding steroid dienone is 7. The number of aromatic nitrogens is 1. The van der Waals surface area contributed by atoms with Gasteiger partial charge in [-0.05, 0) is 94.3 Å². The lowest BCUT2D eigenvalue weighted by molar-refractivity contribution is 0.669. The van der Waals surface area contributed by atoms with E-state index in [4.69, 9.17) is 10.2 Å². The molecule has 1 unspecified atom stereocenters. The van der Waals surface area contributed by atoms with Crippen molar-refractivity contribution in [1.82, 2.24) is 4.57 Å². The van der Waals surface area contributed by atoms with Crippen molar-refractivity contribution in [1.29, 1.82) is 0 Å². The minimum Gasteiger partial charge on any atom is -0.456 e. The van der Waals surface area contributed by atoms with Crippen LogP contribution in [0.2, 0.25) is 0 Å². The molecule has 260 valence electrons. The number of rotatable bonds is 6. The Labute approximate surface area is 316 Å². The first-order valence-electron chi connectivity index (χ1n) is 18.5. The first-order chi connectivity index (χ1) is 26.5. The van der Waals surface area contributed by atoms with Crippen molar-refractivity contribution in [2.45, 2.75) is 19.4 Å². The highest BCUT2D eigenvalue weighted by Gasteiger charge is 2.22. The lowest BCUT2D eigenvalue weighted by Crippen LogP contribution is -2.09. The average Bonchev–Trinajstić information content (AvgIpc) is 3.75. The minimum absolute atomic E-state index is 0.0634. The molecule has 1 atom stereocenters. The molecule has 0 fully saturated rings. The van der Waals surface area contributed by atoms with Gasteiger partial charge in [0.15, 0.2) is 0 Å². The van der Waals surface area contributed by atoms with Gasteiger partial charge in [-0.15, -0.1) is 0 Å². The second kappa shape index (κ2) is 13.9. The van der Waals surface area contributed by atoms with Crippen LogP contribution in [0.3, 0.4) is 0 Å². The molecule has 0 spiro atoms. The average molecular weight is 697 g/mol. The summed E-state index contributed by atoms with van der Waals surface area (Å²) in [5.41, 5.74) is 22.0. The maximum absolute atomic E-state index is 6.92. The van der Waals surface area contributed by atoms with E-state index in [1.165, 1.54) is 33.2 Å². The topological polar surface area (TPSA) is 44.1 Å². The fourth-order valence-corrected chi connectivity index (χ4v) is 7.88. The first-order valence-corrected chi connectivity index (χ1v) is 18.5. The number of hydrogen-bond acceptors (Lipinski definition) is 2. The largest absolute Gasteiger partial charge is 0.456 e. The van der Waals surface area contributed by atoms with Crippen LogP contribution in [-0.4, -0.2) is 4.57 Å². The Morgan fingerprint density at radius 3 is 2.20 bits per heavy atom. The molecule has 0 radical (unpaired) electrons. The van der Waals surface area contributed by atoms with Gasteiger partial charge in [0.2, 0.25) is 0 Å². The highest BCUT2D eigenvalue weighted by atomic mass is 16.3. The van der Waals surface area contributed by atoms with Gasteiger partial charge in [-0.3, -0.25) is 0 Å². The summed E-state index contributed by atoms with van der Waals surface area (Å²) in [4.78, 5) is 0. The van der Waals surface area contributed by atoms with Crippen molar-refractivity contribution in [2.75, 3.05) is 0 Å². The maximum Gasteiger partial charge on any atom is 0.135 e. The van der Waals surface area contributed by atoms with Gasteiger partial charge in [-0.1, -0.05) is 152 Å². The second-order valence-electron chi connectivity index (χ2n) is 14.0. The number of benzene rings is 6. The molecule has 2 N–H and O–H groups in total. The van der Waals surface area contributed by atoms with Crippen molar-refractivity contribution >= 4 is 44.6 Å². The summed E-state index contributed by atoms with van der Waals surface area (Å²) < 4.78 is 8.61. The van der Waals surface area contributed by atoms with Crippen LogP contribution in [0.4, 0.5) is 0 Å². The molecule has 0 saturated heterocycles. The molecule has 2 heterocycles. The van der Waals surface area contributed by atoms with E-state index >= 15 is 0 Å². The third kappa shape index (κ3) is 6.10. The first kappa shape index (κ1) is 33.0. The summed E-state index contributed by atoms with van der Waals surface area (Å²) in [7, 11) is 0. The minimum atomic E-state index is -0.0634. The summed E-state index contributed by atoms with van der Waals surface area (Å²) in [6, 6.07) is 49.2. The number of furan rings is 1. The Morgan fingerprint density at radius 1 is 0.648 bits per heavy atom. The Bertz CT molecular complexity index is 2820. The second-order valence-corrected chi connectivity index (χ2v) is 14.0. The molecule has 0 saturated carbocycles. The Kier molecular flexibility index (Phi) is 8.53. The van der Waals surface area contributed by atoms with Crippen LogP contribution in [0.15, 0.2) is 193 Å². The summed E-state index contributed by atoms with van der Waals surface area (Å²) in [5, 5.41) is 3.49. The molecule has 0 amide bonds. The van der Waals surface area contributed by atoms with Crippen molar-refractivity contribution in [3.63, 3.8) is 0 Å². The van der Waals surface area contributed by atoms with Gasteiger partial charge >= 0.3 is 0 Å². The van der Waals surface area contributed by atoms with Gasteiger partial charge in [0.1, 0.15) is 11.2 Å². The number of hydrogen-bond donors (Lipinski definition) is 1. The van der Waals surface area contributed by atoms with Gasteiger partial charge in [-0.2, -0.15) is 0 Å². The molecule has 54 heavy (non-hydrogen) atoms. The fourth-order valence-electron chi connectivity index (χ4n) is 7.88. The quantitative estimate of drug-likeness (QED) is 0.188. The van der Waals surface area contributed by atoms with Gasteiger partial charge in [0.25, 0.3) is 0 Å². The van der Waals surface area contributed by atoms with Crippen molar-refractivity contribution in [3.05, 3.63) is 205 Å². The van der Waals surface area contributed by atoms with E-state index in [9.17, 15) is 0 Å². The molecule has 0 bridgehead atoms. The van der Waals surface area contributed by atoms with E-state index in [1.807, 2.05) is 24.3 Å². The van der Waals surface area contributed by atoms with Crippen LogP contribution in [0.25, 0.3) is 78.0 Å². The number of fused-ring (bicyclic) bond motifs is 6. The predicted molar refractivity (Wildman–Crippen MR) is 229 cm³/mol. The third-order valence-corrected chi connectivity index (χ3v) is 10.5.